The van der Waals surface area contributed by atoms with E-state index in [9.17, 15) is 9.59 Å². The van der Waals surface area contributed by atoms with Crippen molar-refractivity contribution in [2.75, 3.05) is 0 Å². The standard InChI is InChI=1S/C18H15NO3S/c1-12-4-2-3-5-14(12)11-22-15-8-6-13(7-9-15)10-16-17(20)19-18(21)23-16/h2-10H,11H2,1H3,(H,19,20,21)/b16-10+. The number of carbonyl (C=O) groups is 2. The predicted molar refractivity (Wildman–Crippen MR) is 91.1 cm³/mol. The van der Waals surface area contributed by atoms with Crippen molar-refractivity contribution < 1.29 is 14.3 Å². The molecule has 23 heavy (non-hydrogen) atoms. The van der Waals surface area contributed by atoms with Crippen molar-refractivity contribution in [1.29, 1.82) is 0 Å². The molecule has 0 bridgehead atoms. The Morgan fingerprint density at radius 3 is 2.48 bits per heavy atom. The summed E-state index contributed by atoms with van der Waals surface area (Å²) in [5.41, 5.74) is 3.19. The Labute approximate surface area is 138 Å². The number of ether oxygens (including phenoxy) is 1. The van der Waals surface area contributed by atoms with Gasteiger partial charge in [0.25, 0.3) is 11.1 Å². The molecule has 5 heteroatoms. The van der Waals surface area contributed by atoms with E-state index in [-0.39, 0.29) is 11.1 Å². The normalized spacial score (nSPS) is 15.8. The van der Waals surface area contributed by atoms with Crippen LogP contribution in [0.1, 0.15) is 16.7 Å². The molecule has 2 amide bonds. The summed E-state index contributed by atoms with van der Waals surface area (Å²) < 4.78 is 5.78. The highest BCUT2D eigenvalue weighted by atomic mass is 32.2. The minimum Gasteiger partial charge on any atom is -0.489 e. The fourth-order valence-electron chi connectivity index (χ4n) is 2.17. The van der Waals surface area contributed by atoms with E-state index in [4.69, 9.17) is 4.74 Å². The molecular weight excluding hydrogens is 310 g/mol. The van der Waals surface area contributed by atoms with Crippen LogP contribution in [0.4, 0.5) is 4.79 Å². The average Bonchev–Trinajstić information content (AvgIpc) is 2.85. The van der Waals surface area contributed by atoms with Crippen LogP contribution in [-0.2, 0) is 11.4 Å². The van der Waals surface area contributed by atoms with Crippen LogP contribution in [0.2, 0.25) is 0 Å². The number of hydrogen-bond donors (Lipinski definition) is 1. The molecule has 1 aliphatic heterocycles. The van der Waals surface area contributed by atoms with Gasteiger partial charge in [-0.1, -0.05) is 36.4 Å². The second kappa shape index (κ2) is 6.71. The van der Waals surface area contributed by atoms with Crippen LogP contribution in [0.3, 0.4) is 0 Å². The Balaban J connectivity index is 1.66. The second-order valence-corrected chi connectivity index (χ2v) is 6.15. The van der Waals surface area contributed by atoms with E-state index in [1.54, 1.807) is 6.08 Å². The molecule has 1 fully saturated rings. The lowest BCUT2D eigenvalue weighted by Crippen LogP contribution is -2.17. The molecule has 1 heterocycles. The van der Waals surface area contributed by atoms with Gasteiger partial charge in [0, 0.05) is 0 Å². The van der Waals surface area contributed by atoms with Gasteiger partial charge in [0.2, 0.25) is 0 Å². The molecule has 4 nitrogen and oxygen atoms in total. The second-order valence-electron chi connectivity index (χ2n) is 5.14. The van der Waals surface area contributed by atoms with Crippen molar-refractivity contribution in [3.8, 4) is 5.75 Å². The number of benzene rings is 2. The number of carbonyl (C=O) groups excluding carboxylic acids is 2. The van der Waals surface area contributed by atoms with Gasteiger partial charge in [0.15, 0.2) is 0 Å². The topological polar surface area (TPSA) is 55.4 Å². The third kappa shape index (κ3) is 3.81. The summed E-state index contributed by atoms with van der Waals surface area (Å²) in [4.78, 5) is 23.0. The van der Waals surface area contributed by atoms with E-state index in [2.05, 4.69) is 18.3 Å². The highest BCUT2D eigenvalue weighted by Crippen LogP contribution is 2.26. The fraction of sp³-hybridized carbons (Fsp3) is 0.111. The number of nitrogens with one attached hydrogen (secondary N) is 1. The molecule has 0 unspecified atom stereocenters. The maximum atomic E-state index is 11.5. The van der Waals surface area contributed by atoms with Crippen LogP contribution in [0.15, 0.2) is 53.4 Å². The number of amides is 2. The minimum atomic E-state index is -0.347. The highest BCUT2D eigenvalue weighted by Gasteiger charge is 2.24. The van der Waals surface area contributed by atoms with Gasteiger partial charge in [0.05, 0.1) is 4.91 Å². The summed E-state index contributed by atoms with van der Waals surface area (Å²) in [6.45, 7) is 2.57. The molecule has 2 aromatic carbocycles. The largest absolute Gasteiger partial charge is 0.489 e. The van der Waals surface area contributed by atoms with Crippen molar-refractivity contribution in [3.05, 3.63) is 70.1 Å². The van der Waals surface area contributed by atoms with Gasteiger partial charge in [-0.25, -0.2) is 0 Å². The van der Waals surface area contributed by atoms with Gasteiger partial charge < -0.3 is 4.74 Å². The molecule has 116 valence electrons. The van der Waals surface area contributed by atoms with E-state index in [0.717, 1.165) is 28.6 Å². The SMILES string of the molecule is Cc1ccccc1COc1ccc(/C=C2/SC(=O)NC2=O)cc1. The summed E-state index contributed by atoms with van der Waals surface area (Å²) in [5, 5.41) is 1.90. The molecule has 2 aromatic rings. The van der Waals surface area contributed by atoms with Crippen molar-refractivity contribution in [1.82, 2.24) is 5.32 Å². The molecule has 0 atom stereocenters. The molecule has 0 aromatic heterocycles. The van der Waals surface area contributed by atoms with Crippen molar-refractivity contribution in [2.24, 2.45) is 0 Å². The van der Waals surface area contributed by atoms with E-state index in [1.807, 2.05) is 42.5 Å². The maximum Gasteiger partial charge on any atom is 0.290 e. The number of aryl methyl sites for hydroxylation is 1. The molecule has 1 saturated heterocycles. The fourth-order valence-corrected chi connectivity index (χ4v) is 2.85. The number of thioether (sulfide) groups is 1. The van der Waals surface area contributed by atoms with E-state index >= 15 is 0 Å². The van der Waals surface area contributed by atoms with Crippen LogP contribution in [-0.4, -0.2) is 11.1 Å². The first kappa shape index (κ1) is 15.4. The number of rotatable bonds is 4. The summed E-state index contributed by atoms with van der Waals surface area (Å²) >= 11 is 0.912. The predicted octanol–water partition coefficient (Wildman–Crippen LogP) is 3.90. The van der Waals surface area contributed by atoms with Crippen LogP contribution >= 0.6 is 11.8 Å². The molecule has 1 N–H and O–H groups in total. The molecule has 0 aliphatic carbocycles. The Hall–Kier alpha value is -2.53. The zero-order valence-corrected chi connectivity index (χ0v) is 13.4. The van der Waals surface area contributed by atoms with Crippen LogP contribution < -0.4 is 10.1 Å². The summed E-state index contributed by atoms with van der Waals surface area (Å²) in [6.07, 6.45) is 1.69. The van der Waals surface area contributed by atoms with E-state index < -0.39 is 0 Å². The third-order valence-corrected chi connectivity index (χ3v) is 4.29. The van der Waals surface area contributed by atoms with Crippen molar-refractivity contribution in [3.63, 3.8) is 0 Å². The van der Waals surface area contributed by atoms with Gasteiger partial charge >= 0.3 is 0 Å². The third-order valence-electron chi connectivity index (χ3n) is 3.48. The van der Waals surface area contributed by atoms with Crippen LogP contribution in [0.5, 0.6) is 5.75 Å². The minimum absolute atomic E-state index is 0.334. The monoisotopic (exact) mass is 325 g/mol. The van der Waals surface area contributed by atoms with Gasteiger partial charge in [0.1, 0.15) is 12.4 Å². The highest BCUT2D eigenvalue weighted by molar-refractivity contribution is 8.18. The Morgan fingerprint density at radius 1 is 1.09 bits per heavy atom. The van der Waals surface area contributed by atoms with Crippen molar-refractivity contribution in [2.45, 2.75) is 13.5 Å². The quantitative estimate of drug-likeness (QED) is 0.866. The lowest BCUT2D eigenvalue weighted by atomic mass is 10.1. The van der Waals surface area contributed by atoms with E-state index in [0.29, 0.717) is 11.5 Å². The summed E-state index contributed by atoms with van der Waals surface area (Å²) in [6, 6.07) is 15.5. The van der Waals surface area contributed by atoms with Gasteiger partial charge in [-0.15, -0.1) is 0 Å². The number of hydrogen-bond acceptors (Lipinski definition) is 4. The lowest BCUT2D eigenvalue weighted by molar-refractivity contribution is -0.115. The number of imide groups is 1. The Morgan fingerprint density at radius 2 is 1.83 bits per heavy atom. The molecule has 3 rings (SSSR count). The first-order valence-electron chi connectivity index (χ1n) is 7.14. The smallest absolute Gasteiger partial charge is 0.290 e. The lowest BCUT2D eigenvalue weighted by Gasteiger charge is -2.08. The van der Waals surface area contributed by atoms with E-state index in [1.165, 1.54) is 5.56 Å². The average molecular weight is 325 g/mol. The zero-order valence-electron chi connectivity index (χ0n) is 12.5. The Kier molecular flexibility index (Phi) is 4.48. The van der Waals surface area contributed by atoms with Crippen LogP contribution in [0.25, 0.3) is 6.08 Å². The first-order valence-corrected chi connectivity index (χ1v) is 7.96. The Bertz CT molecular complexity index is 781. The zero-order chi connectivity index (χ0) is 16.2. The summed E-state index contributed by atoms with van der Waals surface area (Å²) in [7, 11) is 0. The van der Waals surface area contributed by atoms with Crippen molar-refractivity contribution >= 4 is 29.0 Å². The summed E-state index contributed by atoms with van der Waals surface area (Å²) in [5.74, 6) is 0.412. The van der Waals surface area contributed by atoms with Gasteiger partial charge in [-0.2, -0.15) is 0 Å². The molecule has 0 radical (unpaired) electrons. The first-order chi connectivity index (χ1) is 11.1. The molecule has 0 saturated carbocycles. The maximum absolute atomic E-state index is 11.5. The molecule has 1 aliphatic rings. The van der Waals surface area contributed by atoms with Crippen LogP contribution in [0, 0.1) is 6.92 Å². The van der Waals surface area contributed by atoms with Gasteiger partial charge in [-0.05, 0) is 53.6 Å². The molecular formula is C18H15NO3S. The van der Waals surface area contributed by atoms with Gasteiger partial charge in [-0.3, -0.25) is 14.9 Å². The molecule has 0 spiro atoms.